The van der Waals surface area contributed by atoms with E-state index in [9.17, 15) is 0 Å². The Morgan fingerprint density at radius 1 is 0.731 bits per heavy atom. The molecular weight excluding hydrogens is 438 g/mol. The van der Waals surface area contributed by atoms with Crippen molar-refractivity contribution in [3.05, 3.63) is 82.9 Å². The molecule has 26 heavy (non-hydrogen) atoms. The van der Waals surface area contributed by atoms with Gasteiger partial charge in [0.2, 0.25) is 0 Å². The van der Waals surface area contributed by atoms with Crippen LogP contribution < -0.4 is 24.8 Å². The van der Waals surface area contributed by atoms with E-state index in [1.807, 2.05) is 0 Å². The molecular formula is C23H24Cl2Zr. The average molecular weight is 463 g/mol. The SMILES string of the molecule is CCCC1=C[CH]([Zr+2][CH]2C=C(CC)c3ccccc32)c2ccccc21.[Cl-].[Cl-]. The first kappa shape index (κ1) is 21.7. The van der Waals surface area contributed by atoms with Gasteiger partial charge in [-0.05, 0) is 0 Å². The number of fused-ring (bicyclic) bond motifs is 2. The smallest absolute Gasteiger partial charge is 1.00 e. The largest absolute Gasteiger partial charge is 1.00 e. The summed E-state index contributed by atoms with van der Waals surface area (Å²) >= 11 is -0.631. The van der Waals surface area contributed by atoms with Crippen LogP contribution in [0, 0.1) is 0 Å². The molecule has 0 fully saturated rings. The van der Waals surface area contributed by atoms with Gasteiger partial charge in [-0.25, -0.2) is 0 Å². The Kier molecular flexibility index (Phi) is 7.96. The molecule has 2 aliphatic carbocycles. The van der Waals surface area contributed by atoms with Crippen LogP contribution in [0.5, 0.6) is 0 Å². The molecule has 0 radical (unpaired) electrons. The Balaban J connectivity index is 0.00000121. The predicted octanol–water partition coefficient (Wildman–Crippen LogP) is 0.564. The van der Waals surface area contributed by atoms with Gasteiger partial charge in [-0.3, -0.25) is 0 Å². The van der Waals surface area contributed by atoms with Gasteiger partial charge in [0, 0.05) is 0 Å². The van der Waals surface area contributed by atoms with Gasteiger partial charge < -0.3 is 24.8 Å². The minimum absolute atomic E-state index is 0. The van der Waals surface area contributed by atoms with Crippen molar-refractivity contribution in [3.8, 4) is 0 Å². The second kappa shape index (κ2) is 9.54. The summed E-state index contributed by atoms with van der Waals surface area (Å²) < 4.78 is 1.46. The third-order valence-electron chi connectivity index (χ3n) is 5.28. The second-order valence-corrected chi connectivity index (χ2v) is 10.7. The van der Waals surface area contributed by atoms with Gasteiger partial charge >= 0.3 is 158 Å². The van der Waals surface area contributed by atoms with Crippen molar-refractivity contribution in [2.24, 2.45) is 0 Å². The summed E-state index contributed by atoms with van der Waals surface area (Å²) in [6, 6.07) is 18.3. The summed E-state index contributed by atoms with van der Waals surface area (Å²) in [6.45, 7) is 4.58. The van der Waals surface area contributed by atoms with E-state index in [2.05, 4.69) is 74.5 Å². The molecule has 134 valence electrons. The molecule has 0 N–H and O–H groups in total. The molecule has 2 atom stereocenters. The van der Waals surface area contributed by atoms with Crippen molar-refractivity contribution in [1.29, 1.82) is 0 Å². The average Bonchev–Trinajstić information content (AvgIpc) is 3.15. The molecule has 0 aromatic heterocycles. The third-order valence-corrected chi connectivity index (χ3v) is 9.39. The molecule has 0 bridgehead atoms. The zero-order valence-corrected chi connectivity index (χ0v) is 19.3. The first-order chi connectivity index (χ1) is 11.8. The fourth-order valence-electron chi connectivity index (χ4n) is 4.15. The van der Waals surface area contributed by atoms with E-state index in [1.54, 1.807) is 22.3 Å². The van der Waals surface area contributed by atoms with Crippen LogP contribution in [0.4, 0.5) is 0 Å². The first-order valence-electron chi connectivity index (χ1n) is 9.17. The Morgan fingerprint density at radius 2 is 1.23 bits per heavy atom. The van der Waals surface area contributed by atoms with Crippen LogP contribution in [0.3, 0.4) is 0 Å². The standard InChI is InChI=1S/C12H13.C11H11.2ClH.Zr/c1-2-5-10-8-9-11-6-3-4-7-12(10)11;1-2-9-7-8-10-5-3-4-6-11(9)10;;;/h3-4,6-9H,2,5H2,1H3;3-8H,2H2,1H3;2*1H;/q;;;;+2/p-2. The predicted molar refractivity (Wildman–Crippen MR) is 99.5 cm³/mol. The normalized spacial score (nSPS) is 19.3. The Bertz CT molecular complexity index is 822. The van der Waals surface area contributed by atoms with E-state index in [0.29, 0.717) is 0 Å². The van der Waals surface area contributed by atoms with E-state index in [4.69, 9.17) is 0 Å². The summed E-state index contributed by atoms with van der Waals surface area (Å²) in [6.07, 6.45) is 8.85. The van der Waals surface area contributed by atoms with Crippen LogP contribution in [0.25, 0.3) is 11.1 Å². The quantitative estimate of drug-likeness (QED) is 0.610. The van der Waals surface area contributed by atoms with E-state index in [-0.39, 0.29) is 24.8 Å². The van der Waals surface area contributed by atoms with Crippen molar-refractivity contribution < 1.29 is 48.0 Å². The molecule has 2 aliphatic rings. The van der Waals surface area contributed by atoms with Gasteiger partial charge in [0.15, 0.2) is 0 Å². The summed E-state index contributed by atoms with van der Waals surface area (Å²) in [4.78, 5) is 0. The Morgan fingerprint density at radius 3 is 1.77 bits per heavy atom. The number of hydrogen-bond donors (Lipinski definition) is 0. The van der Waals surface area contributed by atoms with Gasteiger partial charge in [-0.1, -0.05) is 0 Å². The number of rotatable bonds is 5. The van der Waals surface area contributed by atoms with Gasteiger partial charge in [-0.15, -0.1) is 0 Å². The number of benzene rings is 2. The van der Waals surface area contributed by atoms with Gasteiger partial charge in [-0.2, -0.15) is 0 Å². The van der Waals surface area contributed by atoms with Crippen LogP contribution in [0.15, 0.2) is 60.7 Å². The topological polar surface area (TPSA) is 0 Å². The van der Waals surface area contributed by atoms with Crippen LogP contribution in [-0.4, -0.2) is 0 Å². The summed E-state index contributed by atoms with van der Waals surface area (Å²) in [5.41, 5.74) is 9.45. The molecule has 0 spiro atoms. The zero-order chi connectivity index (χ0) is 16.5. The fraction of sp³-hybridized carbons (Fsp3) is 0.304. The van der Waals surface area contributed by atoms with E-state index in [0.717, 1.165) is 13.7 Å². The van der Waals surface area contributed by atoms with Crippen LogP contribution in [0.1, 0.15) is 62.6 Å². The van der Waals surface area contributed by atoms with Crippen LogP contribution >= 0.6 is 0 Å². The Hall–Kier alpha value is -0.617. The number of allylic oxidation sites excluding steroid dienone is 4. The fourth-order valence-corrected chi connectivity index (χ4v) is 8.68. The monoisotopic (exact) mass is 460 g/mol. The minimum Gasteiger partial charge on any atom is -1.00 e. The molecule has 2 aromatic carbocycles. The van der Waals surface area contributed by atoms with Crippen molar-refractivity contribution >= 4 is 11.1 Å². The molecule has 4 rings (SSSR count). The number of halogens is 2. The van der Waals surface area contributed by atoms with Gasteiger partial charge in [0.25, 0.3) is 0 Å². The van der Waals surface area contributed by atoms with Crippen molar-refractivity contribution in [3.63, 3.8) is 0 Å². The molecule has 0 saturated heterocycles. The minimum atomic E-state index is -0.631. The summed E-state index contributed by atoms with van der Waals surface area (Å²) in [5.74, 6) is 0. The second-order valence-electron chi connectivity index (χ2n) is 6.78. The molecule has 2 aromatic rings. The maximum absolute atomic E-state index is 2.63. The van der Waals surface area contributed by atoms with Crippen LogP contribution in [-0.2, 0) is 23.2 Å². The van der Waals surface area contributed by atoms with E-state index >= 15 is 0 Å². The van der Waals surface area contributed by atoms with Crippen molar-refractivity contribution in [2.75, 3.05) is 0 Å². The van der Waals surface area contributed by atoms with E-state index < -0.39 is 23.2 Å². The van der Waals surface area contributed by atoms with Crippen LogP contribution in [0.2, 0.25) is 0 Å². The molecule has 2 unspecified atom stereocenters. The summed E-state index contributed by atoms with van der Waals surface area (Å²) in [5, 5.41) is 0. The first-order valence-corrected chi connectivity index (χ1v) is 12.0. The molecule has 0 heterocycles. The molecule has 0 saturated carbocycles. The number of hydrogen-bond acceptors (Lipinski definition) is 0. The zero-order valence-electron chi connectivity index (χ0n) is 15.3. The summed E-state index contributed by atoms with van der Waals surface area (Å²) in [7, 11) is 0. The molecule has 3 heteroatoms. The maximum atomic E-state index is 2.63. The molecule has 0 aliphatic heterocycles. The van der Waals surface area contributed by atoms with E-state index in [1.165, 1.54) is 24.0 Å². The maximum Gasteiger partial charge on any atom is -1.00 e. The molecule has 0 amide bonds. The van der Waals surface area contributed by atoms with Gasteiger partial charge in [0.1, 0.15) is 0 Å². The molecule has 0 nitrogen and oxygen atoms in total. The van der Waals surface area contributed by atoms with Gasteiger partial charge in [0.05, 0.1) is 0 Å². The third kappa shape index (κ3) is 3.96. The van der Waals surface area contributed by atoms with Crippen molar-refractivity contribution in [2.45, 2.75) is 40.4 Å². The Labute approximate surface area is 181 Å². The van der Waals surface area contributed by atoms with Crippen molar-refractivity contribution in [1.82, 2.24) is 0 Å².